The number of esters is 1. The predicted molar refractivity (Wildman–Crippen MR) is 193 cm³/mol. The monoisotopic (exact) mass is 788 g/mol. The number of hydrogen-bond donors (Lipinski definition) is 0. The Kier molecular flexibility index (Phi) is 10.3. The van der Waals surface area contributed by atoms with E-state index >= 15 is 0 Å². The summed E-state index contributed by atoms with van der Waals surface area (Å²) in [6, 6.07) is 27.5. The lowest BCUT2D eigenvalue weighted by atomic mass is 9.93. The molecule has 0 bridgehead atoms. The fourth-order valence-electron chi connectivity index (χ4n) is 5.49. The smallest absolute Gasteiger partial charge is 0.338 e. The number of methoxy groups -OCH3 is 2. The van der Waals surface area contributed by atoms with Gasteiger partial charge >= 0.3 is 5.97 Å². The molecule has 0 spiro atoms. The van der Waals surface area contributed by atoms with Crippen LogP contribution in [0.15, 0.2) is 115 Å². The first-order valence-electron chi connectivity index (χ1n) is 15.0. The summed E-state index contributed by atoms with van der Waals surface area (Å²) in [5, 5.41) is 0. The third-order valence-corrected chi connectivity index (χ3v) is 9.68. The van der Waals surface area contributed by atoms with E-state index in [1.165, 1.54) is 18.4 Å². The quantitative estimate of drug-likeness (QED) is 0.141. The van der Waals surface area contributed by atoms with Crippen molar-refractivity contribution in [3.05, 3.63) is 147 Å². The second-order valence-electron chi connectivity index (χ2n) is 10.6. The molecule has 1 aliphatic rings. The second kappa shape index (κ2) is 14.8. The third-order valence-electron chi connectivity index (χ3n) is 7.65. The highest BCUT2D eigenvalue weighted by Crippen LogP contribution is 2.39. The molecule has 1 atom stereocenters. The van der Waals surface area contributed by atoms with Crippen molar-refractivity contribution in [2.75, 3.05) is 20.8 Å². The van der Waals surface area contributed by atoms with Gasteiger partial charge in [0.15, 0.2) is 16.3 Å². The summed E-state index contributed by atoms with van der Waals surface area (Å²) >= 11 is 8.46. The Morgan fingerprint density at radius 1 is 0.938 bits per heavy atom. The molecule has 48 heavy (non-hydrogen) atoms. The predicted octanol–water partition coefficient (Wildman–Crippen LogP) is 7.06. The van der Waals surface area contributed by atoms with E-state index in [4.69, 9.17) is 23.9 Å². The molecule has 0 saturated carbocycles. The van der Waals surface area contributed by atoms with Gasteiger partial charge in [0, 0.05) is 15.6 Å². The number of carbonyl (C=O) groups is 1. The van der Waals surface area contributed by atoms with Crippen molar-refractivity contribution in [1.29, 1.82) is 0 Å². The number of thiazole rings is 1. The van der Waals surface area contributed by atoms with Gasteiger partial charge in [0.2, 0.25) is 0 Å². The molecule has 0 aliphatic carbocycles. The van der Waals surface area contributed by atoms with Crippen LogP contribution in [0.5, 0.6) is 17.2 Å². The Balaban J connectivity index is 1.59. The minimum Gasteiger partial charge on any atom is -0.493 e. The average molecular weight is 791 g/mol. The van der Waals surface area contributed by atoms with Crippen LogP contribution in [0.2, 0.25) is 0 Å². The fourth-order valence-corrected chi connectivity index (χ4v) is 7.85. The average Bonchev–Trinajstić information content (AvgIpc) is 3.41. The van der Waals surface area contributed by atoms with Crippen LogP contribution in [-0.2, 0) is 16.1 Å². The number of hydrogen-bond acceptors (Lipinski definition) is 8. The van der Waals surface area contributed by atoms with Gasteiger partial charge in [0.05, 0.1) is 47.1 Å². The molecule has 1 aromatic heterocycles. The number of fused-ring (bicyclic) bond motifs is 1. The van der Waals surface area contributed by atoms with E-state index in [9.17, 15) is 9.59 Å². The Hall–Kier alpha value is -4.45. The van der Waals surface area contributed by atoms with E-state index in [-0.39, 0.29) is 17.7 Å². The largest absolute Gasteiger partial charge is 0.493 e. The Morgan fingerprint density at radius 2 is 1.65 bits per heavy atom. The molecule has 0 fully saturated rings. The lowest BCUT2D eigenvalue weighted by molar-refractivity contribution is -0.138. The first-order chi connectivity index (χ1) is 23.3. The second-order valence-corrected chi connectivity index (χ2v) is 13.4. The zero-order valence-electron chi connectivity index (χ0n) is 26.2. The lowest BCUT2D eigenvalue weighted by Crippen LogP contribution is -2.40. The van der Waals surface area contributed by atoms with Gasteiger partial charge in [0.1, 0.15) is 12.4 Å². The maximum Gasteiger partial charge on any atom is 0.338 e. The van der Waals surface area contributed by atoms with Gasteiger partial charge in [0.25, 0.3) is 5.56 Å². The van der Waals surface area contributed by atoms with Gasteiger partial charge in [-0.3, -0.25) is 9.36 Å². The molecular formula is C37H30Br2N2O6S. The Bertz CT molecular complexity index is 2200. The van der Waals surface area contributed by atoms with Gasteiger partial charge < -0.3 is 18.9 Å². The molecule has 0 N–H and O–H groups in total. The number of halogens is 2. The van der Waals surface area contributed by atoms with E-state index in [2.05, 4.69) is 31.9 Å². The summed E-state index contributed by atoms with van der Waals surface area (Å²) in [6.07, 6.45) is 1.79. The van der Waals surface area contributed by atoms with Gasteiger partial charge in [-0.05, 0) is 64.3 Å². The Labute approximate surface area is 297 Å². The van der Waals surface area contributed by atoms with Crippen LogP contribution in [-0.4, -0.2) is 31.4 Å². The van der Waals surface area contributed by atoms with Gasteiger partial charge in [-0.25, -0.2) is 9.79 Å². The maximum absolute atomic E-state index is 14.5. The molecule has 0 amide bonds. The molecule has 11 heteroatoms. The summed E-state index contributed by atoms with van der Waals surface area (Å²) in [5.74, 6) is 0.989. The van der Waals surface area contributed by atoms with Crippen molar-refractivity contribution in [3.8, 4) is 17.2 Å². The third kappa shape index (κ3) is 6.76. The van der Waals surface area contributed by atoms with E-state index < -0.39 is 12.0 Å². The molecule has 244 valence electrons. The lowest BCUT2D eigenvalue weighted by Gasteiger charge is -2.26. The molecule has 1 aliphatic heterocycles. The minimum absolute atomic E-state index is 0.150. The summed E-state index contributed by atoms with van der Waals surface area (Å²) in [5.41, 5.74) is 3.39. The Morgan fingerprint density at radius 3 is 2.33 bits per heavy atom. The number of ether oxygens (including phenoxy) is 4. The van der Waals surface area contributed by atoms with Crippen LogP contribution in [0.25, 0.3) is 11.8 Å². The van der Waals surface area contributed by atoms with E-state index in [0.29, 0.717) is 50.0 Å². The van der Waals surface area contributed by atoms with Gasteiger partial charge in [-0.2, -0.15) is 0 Å². The van der Waals surface area contributed by atoms with Crippen molar-refractivity contribution in [3.63, 3.8) is 0 Å². The van der Waals surface area contributed by atoms with Crippen molar-refractivity contribution < 1.29 is 23.7 Å². The minimum atomic E-state index is -0.875. The summed E-state index contributed by atoms with van der Waals surface area (Å²) in [4.78, 5) is 33.7. The summed E-state index contributed by atoms with van der Waals surface area (Å²) < 4.78 is 26.5. The number of rotatable bonds is 10. The molecule has 2 heterocycles. The molecule has 4 aromatic carbocycles. The molecule has 0 unspecified atom stereocenters. The van der Waals surface area contributed by atoms with Crippen LogP contribution in [0, 0.1) is 0 Å². The topological polar surface area (TPSA) is 88.4 Å². The zero-order valence-corrected chi connectivity index (χ0v) is 30.2. The van der Waals surface area contributed by atoms with Gasteiger partial charge in [-0.1, -0.05) is 94.0 Å². The highest BCUT2D eigenvalue weighted by atomic mass is 79.9. The molecule has 0 radical (unpaired) electrons. The number of aromatic nitrogens is 1. The highest BCUT2D eigenvalue weighted by Gasteiger charge is 2.35. The highest BCUT2D eigenvalue weighted by molar-refractivity contribution is 9.11. The fraction of sp³-hybridized carbons (Fsp3) is 0.162. The summed E-state index contributed by atoms with van der Waals surface area (Å²) in [6.45, 7) is 2.23. The normalized spacial score (nSPS) is 14.3. The SMILES string of the molecule is CCOC(=O)C1=C(c2ccccc2)N=c2s/c(=C\c3cc(Br)cc(Br)c3OCc3ccccc3)c(=O)n2[C@H]1c1ccc(OC)c(OC)c1. The number of nitrogens with zero attached hydrogens (tertiary/aromatic N) is 2. The molecule has 6 rings (SSSR count). The molecule has 0 saturated heterocycles. The standard InChI is InChI=1S/C37H30Br2N2O6S/c1-4-46-36(43)31-32(23-13-9-6-10-14-23)40-37-41(33(31)24-15-16-28(44-2)29(18-24)45-3)35(42)30(48-37)19-25-17-26(38)20-27(39)34(25)47-21-22-11-7-5-8-12-22/h5-20,33H,4,21H2,1-3H3/b30-19-/t33-/m0/s1. The van der Waals surface area contributed by atoms with Crippen molar-refractivity contribution in [2.24, 2.45) is 4.99 Å². The van der Waals surface area contributed by atoms with Crippen LogP contribution in [0.3, 0.4) is 0 Å². The van der Waals surface area contributed by atoms with Crippen molar-refractivity contribution in [1.82, 2.24) is 4.57 Å². The van der Waals surface area contributed by atoms with Crippen LogP contribution < -0.4 is 29.1 Å². The van der Waals surface area contributed by atoms with E-state index in [0.717, 1.165) is 20.1 Å². The van der Waals surface area contributed by atoms with Gasteiger partial charge in [-0.15, -0.1) is 0 Å². The van der Waals surface area contributed by atoms with Crippen molar-refractivity contribution >= 4 is 60.9 Å². The zero-order chi connectivity index (χ0) is 33.8. The van der Waals surface area contributed by atoms with Crippen LogP contribution in [0.4, 0.5) is 0 Å². The van der Waals surface area contributed by atoms with E-state index in [1.807, 2.05) is 78.9 Å². The number of benzene rings is 4. The van der Waals surface area contributed by atoms with Crippen molar-refractivity contribution in [2.45, 2.75) is 19.6 Å². The number of carbonyl (C=O) groups excluding carboxylic acids is 1. The maximum atomic E-state index is 14.5. The first-order valence-corrected chi connectivity index (χ1v) is 17.4. The summed E-state index contributed by atoms with van der Waals surface area (Å²) in [7, 11) is 3.09. The molecule has 5 aromatic rings. The first kappa shape index (κ1) is 33.5. The van der Waals surface area contributed by atoms with Crippen LogP contribution >= 0.6 is 43.2 Å². The molecular weight excluding hydrogens is 760 g/mol. The van der Waals surface area contributed by atoms with E-state index in [1.54, 1.807) is 36.8 Å². The molecule has 8 nitrogen and oxygen atoms in total. The van der Waals surface area contributed by atoms with Crippen LogP contribution in [0.1, 0.15) is 35.2 Å².